The average molecular weight is 398 g/mol. The lowest BCUT2D eigenvalue weighted by atomic mass is 10.1. The van der Waals surface area contributed by atoms with Gasteiger partial charge in [0.05, 0.1) is 19.0 Å². The van der Waals surface area contributed by atoms with E-state index in [4.69, 9.17) is 11.6 Å². The summed E-state index contributed by atoms with van der Waals surface area (Å²) in [5.74, 6) is -0.145. The molecule has 4 rings (SSSR count). The fraction of sp³-hybridized carbons (Fsp3) is 0.364. The second kappa shape index (κ2) is 7.94. The van der Waals surface area contributed by atoms with Crippen molar-refractivity contribution in [3.63, 3.8) is 0 Å². The van der Waals surface area contributed by atoms with Crippen LogP contribution in [0.4, 0.5) is 5.69 Å². The van der Waals surface area contributed by atoms with Crippen molar-refractivity contribution in [2.75, 3.05) is 31.1 Å². The van der Waals surface area contributed by atoms with Crippen LogP contribution in [0.15, 0.2) is 48.5 Å². The number of likely N-dealkylation sites (tertiary alicyclic amines) is 1. The quantitative estimate of drug-likeness (QED) is 0.743. The van der Waals surface area contributed by atoms with Crippen LogP contribution >= 0.6 is 11.6 Å². The van der Waals surface area contributed by atoms with E-state index in [9.17, 15) is 9.59 Å². The summed E-state index contributed by atoms with van der Waals surface area (Å²) in [7, 11) is 0. The minimum atomic E-state index is -0.334. The predicted octanol–water partition coefficient (Wildman–Crippen LogP) is 3.10. The number of hydrogen-bond donors (Lipinski definition) is 0. The molecular formula is C22H24ClN3O2. The molecule has 2 fully saturated rings. The Bertz CT molecular complexity index is 879. The number of imide groups is 1. The summed E-state index contributed by atoms with van der Waals surface area (Å²) in [6.45, 7) is 5.59. The van der Waals surface area contributed by atoms with Gasteiger partial charge < -0.3 is 4.90 Å². The Labute approximate surface area is 170 Å². The van der Waals surface area contributed by atoms with Crippen molar-refractivity contribution in [3.05, 3.63) is 64.7 Å². The van der Waals surface area contributed by atoms with Gasteiger partial charge in [0.2, 0.25) is 11.8 Å². The van der Waals surface area contributed by atoms with E-state index in [0.29, 0.717) is 6.54 Å². The number of aryl methyl sites for hydroxylation is 1. The third kappa shape index (κ3) is 3.77. The molecule has 2 aromatic rings. The van der Waals surface area contributed by atoms with Crippen LogP contribution in [0.3, 0.4) is 0 Å². The second-order valence-electron chi connectivity index (χ2n) is 7.48. The van der Waals surface area contributed by atoms with Crippen LogP contribution in [-0.4, -0.2) is 53.8 Å². The zero-order valence-corrected chi connectivity index (χ0v) is 16.7. The molecule has 2 saturated heterocycles. The third-order valence-corrected chi connectivity index (χ3v) is 5.91. The fourth-order valence-electron chi connectivity index (χ4n) is 4.08. The highest BCUT2D eigenvalue weighted by Crippen LogP contribution is 2.27. The molecule has 28 heavy (non-hydrogen) atoms. The number of rotatable bonds is 4. The number of carbonyl (C=O) groups is 2. The van der Waals surface area contributed by atoms with Crippen LogP contribution < -0.4 is 4.90 Å². The molecule has 0 radical (unpaired) electrons. The van der Waals surface area contributed by atoms with E-state index in [2.05, 4.69) is 16.7 Å². The van der Waals surface area contributed by atoms with Gasteiger partial charge in [-0.2, -0.15) is 0 Å². The molecule has 2 amide bonds. The largest absolute Gasteiger partial charge is 0.369 e. The Morgan fingerprint density at radius 2 is 1.71 bits per heavy atom. The highest BCUT2D eigenvalue weighted by atomic mass is 35.5. The lowest BCUT2D eigenvalue weighted by molar-refractivity contribution is -0.140. The van der Waals surface area contributed by atoms with Crippen LogP contribution in [0, 0.1) is 6.92 Å². The Hall–Kier alpha value is -2.37. The number of hydrogen-bond acceptors (Lipinski definition) is 4. The zero-order chi connectivity index (χ0) is 19.7. The summed E-state index contributed by atoms with van der Waals surface area (Å²) in [5.41, 5.74) is 3.32. The molecule has 6 heteroatoms. The molecule has 5 nitrogen and oxygen atoms in total. The first-order valence-electron chi connectivity index (χ1n) is 9.66. The van der Waals surface area contributed by atoms with E-state index in [1.54, 1.807) is 0 Å². The molecular weight excluding hydrogens is 374 g/mol. The maximum atomic E-state index is 12.9. The number of halogens is 1. The summed E-state index contributed by atoms with van der Waals surface area (Å²) < 4.78 is 0. The third-order valence-electron chi connectivity index (χ3n) is 5.67. The minimum Gasteiger partial charge on any atom is -0.369 e. The molecule has 0 aliphatic carbocycles. The van der Waals surface area contributed by atoms with Gasteiger partial charge in [-0.05, 0) is 30.2 Å². The van der Waals surface area contributed by atoms with Gasteiger partial charge in [-0.15, -0.1) is 0 Å². The van der Waals surface area contributed by atoms with E-state index in [0.717, 1.165) is 42.5 Å². The normalized spacial score (nSPS) is 20.9. The van der Waals surface area contributed by atoms with Gasteiger partial charge in [-0.25, -0.2) is 0 Å². The summed E-state index contributed by atoms with van der Waals surface area (Å²) in [6.07, 6.45) is 0.280. The average Bonchev–Trinajstić information content (AvgIpc) is 2.99. The Balaban J connectivity index is 1.40. The van der Waals surface area contributed by atoms with Gasteiger partial charge in [0.25, 0.3) is 0 Å². The molecule has 146 valence electrons. The number of carbonyl (C=O) groups excluding carboxylic acids is 2. The second-order valence-corrected chi connectivity index (χ2v) is 7.91. The van der Waals surface area contributed by atoms with Crippen molar-refractivity contribution in [2.24, 2.45) is 0 Å². The molecule has 0 N–H and O–H groups in total. The Morgan fingerprint density at radius 1 is 1.00 bits per heavy atom. The number of piperazine rings is 1. The minimum absolute atomic E-state index is 0.0683. The van der Waals surface area contributed by atoms with Crippen molar-refractivity contribution in [1.82, 2.24) is 9.80 Å². The van der Waals surface area contributed by atoms with Crippen LogP contribution in [0.25, 0.3) is 0 Å². The molecule has 0 bridgehead atoms. The summed E-state index contributed by atoms with van der Waals surface area (Å²) >= 11 is 6.16. The van der Waals surface area contributed by atoms with Crippen molar-refractivity contribution in [3.8, 4) is 0 Å². The van der Waals surface area contributed by atoms with Gasteiger partial charge in [0.15, 0.2) is 0 Å². The van der Waals surface area contributed by atoms with Crippen molar-refractivity contribution in [2.45, 2.75) is 25.9 Å². The van der Waals surface area contributed by atoms with E-state index < -0.39 is 0 Å². The first kappa shape index (κ1) is 19.0. The monoisotopic (exact) mass is 397 g/mol. The number of anilines is 1. The van der Waals surface area contributed by atoms with E-state index in [-0.39, 0.29) is 24.3 Å². The number of nitrogens with zero attached hydrogens (tertiary/aromatic N) is 3. The molecule has 0 spiro atoms. The van der Waals surface area contributed by atoms with Gasteiger partial charge in [0.1, 0.15) is 0 Å². The summed E-state index contributed by atoms with van der Waals surface area (Å²) in [4.78, 5) is 31.2. The maximum absolute atomic E-state index is 12.9. The summed E-state index contributed by atoms with van der Waals surface area (Å²) in [6, 6.07) is 15.3. The molecule has 1 atom stereocenters. The van der Waals surface area contributed by atoms with Crippen molar-refractivity contribution in [1.29, 1.82) is 0 Å². The predicted molar refractivity (Wildman–Crippen MR) is 110 cm³/mol. The van der Waals surface area contributed by atoms with Crippen LogP contribution in [0.5, 0.6) is 0 Å². The van der Waals surface area contributed by atoms with Crippen LogP contribution in [0.2, 0.25) is 5.02 Å². The van der Waals surface area contributed by atoms with E-state index in [1.807, 2.05) is 48.5 Å². The first-order chi connectivity index (χ1) is 13.5. The summed E-state index contributed by atoms with van der Waals surface area (Å²) in [5, 5.41) is 0.733. The SMILES string of the molecule is Cc1ccc(Cl)cc1N1CCN(C2CC(=O)N(Cc3ccccc3)C2=O)CC1. The molecule has 0 aromatic heterocycles. The molecule has 2 aliphatic heterocycles. The topological polar surface area (TPSA) is 43.9 Å². The Kier molecular flexibility index (Phi) is 5.38. The molecule has 2 aromatic carbocycles. The van der Waals surface area contributed by atoms with Crippen LogP contribution in [0.1, 0.15) is 17.5 Å². The van der Waals surface area contributed by atoms with Crippen molar-refractivity contribution < 1.29 is 9.59 Å². The maximum Gasteiger partial charge on any atom is 0.247 e. The highest BCUT2D eigenvalue weighted by molar-refractivity contribution is 6.30. The van der Waals surface area contributed by atoms with Crippen LogP contribution in [-0.2, 0) is 16.1 Å². The molecule has 1 unspecified atom stereocenters. The van der Waals surface area contributed by atoms with Gasteiger partial charge in [-0.3, -0.25) is 19.4 Å². The number of amides is 2. The standard InChI is InChI=1S/C22H24ClN3O2/c1-16-7-8-18(23)13-19(16)24-9-11-25(12-10-24)20-14-21(27)26(22(20)28)15-17-5-3-2-4-6-17/h2-8,13,20H,9-12,14-15H2,1H3. The van der Waals surface area contributed by atoms with Gasteiger partial charge in [0, 0.05) is 36.9 Å². The first-order valence-corrected chi connectivity index (χ1v) is 10.0. The van der Waals surface area contributed by atoms with Gasteiger partial charge >= 0.3 is 0 Å². The van der Waals surface area contributed by atoms with E-state index >= 15 is 0 Å². The smallest absolute Gasteiger partial charge is 0.247 e. The lowest BCUT2D eigenvalue weighted by Crippen LogP contribution is -2.52. The highest BCUT2D eigenvalue weighted by Gasteiger charge is 2.42. The molecule has 2 aliphatic rings. The van der Waals surface area contributed by atoms with Crippen molar-refractivity contribution >= 4 is 29.1 Å². The Morgan fingerprint density at radius 3 is 2.43 bits per heavy atom. The zero-order valence-electron chi connectivity index (χ0n) is 16.0. The van der Waals surface area contributed by atoms with Gasteiger partial charge in [-0.1, -0.05) is 48.0 Å². The number of benzene rings is 2. The van der Waals surface area contributed by atoms with E-state index in [1.165, 1.54) is 10.5 Å². The lowest BCUT2D eigenvalue weighted by Gasteiger charge is -2.38. The molecule has 2 heterocycles. The molecule has 0 saturated carbocycles. The fourth-order valence-corrected chi connectivity index (χ4v) is 4.25.